The summed E-state index contributed by atoms with van der Waals surface area (Å²) in [5, 5.41) is 14.4. The Morgan fingerprint density at radius 1 is 1.33 bits per heavy atom. The highest BCUT2D eigenvalue weighted by Gasteiger charge is 2.15. The molecule has 2 rings (SSSR count). The minimum absolute atomic E-state index is 0.0289. The number of fused-ring (bicyclic) bond motifs is 1. The van der Waals surface area contributed by atoms with Crippen molar-refractivity contribution in [3.8, 4) is 0 Å². The number of pyridine rings is 1. The Hall–Kier alpha value is -2.70. The van der Waals surface area contributed by atoms with Crippen LogP contribution in [-0.4, -0.2) is 40.9 Å². The van der Waals surface area contributed by atoms with E-state index in [4.69, 9.17) is 0 Å². The molecule has 1 unspecified atom stereocenters. The number of nitrogens with one attached hydrogen (secondary N) is 1. The van der Waals surface area contributed by atoms with Crippen LogP contribution in [0, 0.1) is 10.1 Å². The molecule has 1 N–H and O–H groups in total. The van der Waals surface area contributed by atoms with Crippen LogP contribution >= 0.6 is 0 Å². The van der Waals surface area contributed by atoms with Gasteiger partial charge in [0.15, 0.2) is 0 Å². The summed E-state index contributed by atoms with van der Waals surface area (Å²) in [5.41, 5.74) is 0.663. The van der Waals surface area contributed by atoms with Gasteiger partial charge in [0.1, 0.15) is 11.9 Å². The number of hydrogen-bond acceptors (Lipinski definition) is 5. The molecule has 0 fully saturated rings. The Morgan fingerprint density at radius 2 is 2.05 bits per heavy atom. The fourth-order valence-electron chi connectivity index (χ4n) is 1.98. The molecular formula is C14H16N4O3. The Morgan fingerprint density at radius 3 is 2.67 bits per heavy atom. The molecule has 7 nitrogen and oxygen atoms in total. The number of carbonyl (C=O) groups excluding carboxylic acids is 1. The van der Waals surface area contributed by atoms with Gasteiger partial charge < -0.3 is 10.2 Å². The molecule has 1 heterocycles. The lowest BCUT2D eigenvalue weighted by molar-refractivity contribution is -0.384. The highest BCUT2D eigenvalue weighted by molar-refractivity contribution is 5.85. The van der Waals surface area contributed by atoms with Crippen molar-refractivity contribution >= 4 is 28.3 Å². The molecule has 0 aliphatic heterocycles. The van der Waals surface area contributed by atoms with Crippen molar-refractivity contribution in [2.75, 3.05) is 19.4 Å². The molecular weight excluding hydrogens is 272 g/mol. The molecule has 110 valence electrons. The van der Waals surface area contributed by atoms with Gasteiger partial charge in [-0.25, -0.2) is 4.98 Å². The van der Waals surface area contributed by atoms with Crippen LogP contribution in [0.25, 0.3) is 10.9 Å². The second kappa shape index (κ2) is 5.74. The maximum atomic E-state index is 11.8. The van der Waals surface area contributed by atoms with E-state index in [0.717, 1.165) is 0 Å². The molecule has 7 heteroatoms. The minimum atomic E-state index is -0.441. The number of benzene rings is 1. The number of carbonyl (C=O) groups is 1. The number of hydrogen-bond donors (Lipinski definition) is 1. The first-order valence-corrected chi connectivity index (χ1v) is 6.41. The van der Waals surface area contributed by atoms with Gasteiger partial charge in [-0.1, -0.05) is 0 Å². The summed E-state index contributed by atoms with van der Waals surface area (Å²) < 4.78 is 0. The molecule has 0 saturated carbocycles. The smallest absolute Gasteiger partial charge is 0.270 e. The van der Waals surface area contributed by atoms with Crippen LogP contribution in [0.2, 0.25) is 0 Å². The van der Waals surface area contributed by atoms with E-state index < -0.39 is 11.0 Å². The van der Waals surface area contributed by atoms with E-state index in [-0.39, 0.29) is 11.6 Å². The Bertz CT molecular complexity index is 700. The number of amides is 1. The number of non-ortho nitro benzene ring substituents is 1. The van der Waals surface area contributed by atoms with Gasteiger partial charge in [-0.05, 0) is 25.1 Å². The highest BCUT2D eigenvalue weighted by Crippen LogP contribution is 2.21. The molecule has 0 spiro atoms. The fourth-order valence-corrected chi connectivity index (χ4v) is 1.98. The summed E-state index contributed by atoms with van der Waals surface area (Å²) in [6.45, 7) is 1.75. The molecule has 21 heavy (non-hydrogen) atoms. The molecule has 0 radical (unpaired) electrons. The summed E-state index contributed by atoms with van der Waals surface area (Å²) in [5.74, 6) is 0.500. The predicted molar refractivity (Wildman–Crippen MR) is 80.2 cm³/mol. The molecule has 0 aliphatic rings. The highest BCUT2D eigenvalue weighted by atomic mass is 16.6. The third kappa shape index (κ3) is 3.25. The average molecular weight is 288 g/mol. The number of aromatic nitrogens is 1. The molecule has 1 aromatic carbocycles. The molecule has 0 aliphatic carbocycles. The normalized spacial score (nSPS) is 12.0. The molecule has 0 saturated heterocycles. The van der Waals surface area contributed by atoms with Gasteiger partial charge in [0, 0.05) is 31.6 Å². The van der Waals surface area contributed by atoms with Gasteiger partial charge >= 0.3 is 0 Å². The molecule has 1 aromatic heterocycles. The SMILES string of the molecule is CC(Nc1ccc2cc([N+](=O)[O-])ccc2n1)C(=O)N(C)C. The van der Waals surface area contributed by atoms with E-state index in [0.29, 0.717) is 16.7 Å². The van der Waals surface area contributed by atoms with Crippen LogP contribution in [0.1, 0.15) is 6.92 Å². The quantitative estimate of drug-likeness (QED) is 0.687. The van der Waals surface area contributed by atoms with Crippen LogP contribution in [0.3, 0.4) is 0 Å². The molecule has 2 aromatic rings. The van der Waals surface area contributed by atoms with Gasteiger partial charge in [-0.2, -0.15) is 0 Å². The number of rotatable bonds is 4. The van der Waals surface area contributed by atoms with Gasteiger partial charge in [-0.15, -0.1) is 0 Å². The van der Waals surface area contributed by atoms with Crippen LogP contribution in [-0.2, 0) is 4.79 Å². The van der Waals surface area contributed by atoms with E-state index in [9.17, 15) is 14.9 Å². The van der Waals surface area contributed by atoms with Crippen LogP contribution < -0.4 is 5.32 Å². The Balaban J connectivity index is 2.25. The first-order valence-electron chi connectivity index (χ1n) is 6.41. The predicted octanol–water partition coefficient (Wildman–Crippen LogP) is 2.03. The largest absolute Gasteiger partial charge is 0.359 e. The standard InChI is InChI=1S/C14H16N4O3/c1-9(14(19)17(2)3)15-13-7-4-10-8-11(18(20)21)5-6-12(10)16-13/h4-9H,1-3H3,(H,15,16). The fraction of sp³-hybridized carbons (Fsp3) is 0.286. The number of nitro groups is 1. The minimum Gasteiger partial charge on any atom is -0.359 e. The molecule has 1 amide bonds. The van der Waals surface area contributed by atoms with E-state index in [2.05, 4.69) is 10.3 Å². The first kappa shape index (κ1) is 14.7. The number of likely N-dealkylation sites (N-methyl/N-ethyl adjacent to an activating group) is 1. The summed E-state index contributed by atoms with van der Waals surface area (Å²) in [6.07, 6.45) is 0. The number of nitrogens with zero attached hydrogens (tertiary/aromatic N) is 3. The van der Waals surface area contributed by atoms with Crippen molar-refractivity contribution in [3.05, 3.63) is 40.4 Å². The topological polar surface area (TPSA) is 88.4 Å². The summed E-state index contributed by atoms with van der Waals surface area (Å²) >= 11 is 0. The van der Waals surface area contributed by atoms with E-state index >= 15 is 0 Å². The van der Waals surface area contributed by atoms with Crippen molar-refractivity contribution in [1.29, 1.82) is 0 Å². The average Bonchev–Trinajstić information content (AvgIpc) is 2.45. The van der Waals surface area contributed by atoms with Crippen LogP contribution in [0.5, 0.6) is 0 Å². The lowest BCUT2D eigenvalue weighted by Crippen LogP contribution is -2.36. The van der Waals surface area contributed by atoms with E-state index in [1.54, 1.807) is 39.2 Å². The van der Waals surface area contributed by atoms with Crippen LogP contribution in [0.15, 0.2) is 30.3 Å². The molecule has 1 atom stereocenters. The van der Waals surface area contributed by atoms with Gasteiger partial charge in [0.25, 0.3) is 5.69 Å². The van der Waals surface area contributed by atoms with Crippen molar-refractivity contribution in [2.24, 2.45) is 0 Å². The van der Waals surface area contributed by atoms with E-state index in [1.807, 2.05) is 0 Å². The van der Waals surface area contributed by atoms with Crippen molar-refractivity contribution in [3.63, 3.8) is 0 Å². The van der Waals surface area contributed by atoms with Crippen molar-refractivity contribution in [2.45, 2.75) is 13.0 Å². The monoisotopic (exact) mass is 288 g/mol. The lowest BCUT2D eigenvalue weighted by atomic mass is 10.2. The van der Waals surface area contributed by atoms with Gasteiger partial charge in [0.05, 0.1) is 10.4 Å². The molecule has 0 bridgehead atoms. The third-order valence-electron chi connectivity index (χ3n) is 3.06. The van der Waals surface area contributed by atoms with Gasteiger partial charge in [-0.3, -0.25) is 14.9 Å². The second-order valence-electron chi connectivity index (χ2n) is 4.93. The zero-order valence-electron chi connectivity index (χ0n) is 12.0. The third-order valence-corrected chi connectivity index (χ3v) is 3.06. The van der Waals surface area contributed by atoms with Crippen molar-refractivity contribution in [1.82, 2.24) is 9.88 Å². The maximum absolute atomic E-state index is 11.8. The summed E-state index contributed by atoms with van der Waals surface area (Å²) in [6, 6.07) is 7.52. The van der Waals surface area contributed by atoms with E-state index in [1.165, 1.54) is 17.0 Å². The maximum Gasteiger partial charge on any atom is 0.270 e. The first-order chi connectivity index (χ1) is 9.88. The zero-order valence-corrected chi connectivity index (χ0v) is 12.0. The second-order valence-corrected chi connectivity index (χ2v) is 4.93. The van der Waals surface area contributed by atoms with Crippen LogP contribution in [0.4, 0.5) is 11.5 Å². The zero-order chi connectivity index (χ0) is 15.6. The number of anilines is 1. The van der Waals surface area contributed by atoms with Gasteiger partial charge in [0.2, 0.25) is 5.91 Å². The Kier molecular flexibility index (Phi) is 4.02. The van der Waals surface area contributed by atoms with Crippen molar-refractivity contribution < 1.29 is 9.72 Å². The lowest BCUT2D eigenvalue weighted by Gasteiger charge is -2.18. The summed E-state index contributed by atoms with van der Waals surface area (Å²) in [4.78, 5) is 27.9. The Labute approximate surface area is 121 Å². The number of nitro benzene ring substituents is 1. The summed E-state index contributed by atoms with van der Waals surface area (Å²) in [7, 11) is 3.38.